The van der Waals surface area contributed by atoms with Crippen molar-refractivity contribution in [1.82, 2.24) is 4.90 Å². The first-order chi connectivity index (χ1) is 19.0. The Morgan fingerprint density at radius 1 is 1.07 bits per heavy atom. The van der Waals surface area contributed by atoms with Crippen molar-refractivity contribution >= 4 is 40.9 Å². The highest BCUT2D eigenvalue weighted by atomic mass is 35.5. The van der Waals surface area contributed by atoms with E-state index in [1.54, 1.807) is 26.0 Å². The zero-order chi connectivity index (χ0) is 28.7. The molecule has 2 heterocycles. The fraction of sp³-hybridized carbons (Fsp3) is 0.400. The van der Waals surface area contributed by atoms with Crippen molar-refractivity contribution in [3.05, 3.63) is 64.5 Å². The van der Waals surface area contributed by atoms with Gasteiger partial charge in [-0.25, -0.2) is 9.29 Å². The Morgan fingerprint density at radius 2 is 1.82 bits per heavy atom. The molecule has 40 heavy (non-hydrogen) atoms. The molecule has 0 radical (unpaired) electrons. The largest absolute Gasteiger partial charge is 0.504 e. The molecule has 2 aliphatic carbocycles. The maximum atomic E-state index is 14.3. The van der Waals surface area contributed by atoms with Crippen LogP contribution < -0.4 is 9.64 Å². The number of carbonyl (C=O) groups is 4. The van der Waals surface area contributed by atoms with Crippen LogP contribution in [0.1, 0.15) is 38.2 Å². The molecular weight excluding hydrogens is 539 g/mol. The maximum absolute atomic E-state index is 14.3. The van der Waals surface area contributed by atoms with Crippen LogP contribution >= 0.6 is 11.6 Å². The maximum Gasteiger partial charge on any atom is 0.241 e. The summed E-state index contributed by atoms with van der Waals surface area (Å²) in [6.07, 6.45) is 2.52. The Balaban J connectivity index is 1.54. The molecule has 6 unspecified atom stereocenters. The lowest BCUT2D eigenvalue weighted by molar-refractivity contribution is -0.140. The van der Waals surface area contributed by atoms with Crippen LogP contribution in [0.4, 0.5) is 10.1 Å². The van der Waals surface area contributed by atoms with Gasteiger partial charge < -0.3 is 9.84 Å². The van der Waals surface area contributed by atoms with Gasteiger partial charge in [-0.2, -0.15) is 0 Å². The number of hydrogen-bond acceptors (Lipinski definition) is 6. The second-order valence-electron chi connectivity index (χ2n) is 11.1. The predicted molar refractivity (Wildman–Crippen MR) is 143 cm³/mol. The highest BCUT2D eigenvalue weighted by molar-refractivity contribution is 6.31. The van der Waals surface area contributed by atoms with E-state index in [0.29, 0.717) is 12.0 Å². The average molecular weight is 567 g/mol. The monoisotopic (exact) mass is 566 g/mol. The molecule has 208 valence electrons. The molecule has 2 aromatic carbocycles. The van der Waals surface area contributed by atoms with E-state index in [9.17, 15) is 28.7 Å². The van der Waals surface area contributed by atoms with E-state index in [-0.39, 0.29) is 47.0 Å². The van der Waals surface area contributed by atoms with Gasteiger partial charge in [0.15, 0.2) is 11.5 Å². The van der Waals surface area contributed by atoms with Crippen LogP contribution in [0.3, 0.4) is 0 Å². The third kappa shape index (κ3) is 3.43. The molecule has 1 saturated carbocycles. The van der Waals surface area contributed by atoms with Crippen molar-refractivity contribution in [2.75, 3.05) is 18.6 Å². The standard InChI is InChI=1S/C30H28ClFN2O6/c1-4-33-26(36)17-8-7-16-18(24(17)28(33)38)13-19-27(37)34(15-6-9-21(32)20(31)12-15)29(39)30(19,2)25(16)14-5-10-22(35)23(11-14)40-3/h5-7,9-12,17-19,24-25,35H,4,8,13H2,1-3H3. The second kappa shape index (κ2) is 9.16. The first-order valence-electron chi connectivity index (χ1n) is 13.3. The number of allylic oxidation sites excluding steroid dienone is 2. The number of carbonyl (C=O) groups excluding carboxylic acids is 4. The first kappa shape index (κ1) is 26.5. The molecule has 3 fully saturated rings. The molecule has 8 nitrogen and oxygen atoms in total. The molecule has 2 aliphatic heterocycles. The number of methoxy groups -OCH3 is 1. The molecular formula is C30H28ClFN2O6. The van der Waals surface area contributed by atoms with Gasteiger partial charge >= 0.3 is 0 Å². The Kier molecular flexibility index (Phi) is 6.07. The number of rotatable bonds is 4. The second-order valence-corrected chi connectivity index (χ2v) is 11.5. The van der Waals surface area contributed by atoms with Crippen LogP contribution in [-0.4, -0.2) is 47.3 Å². The van der Waals surface area contributed by atoms with Gasteiger partial charge in [-0.3, -0.25) is 24.1 Å². The molecule has 0 spiro atoms. The van der Waals surface area contributed by atoms with Gasteiger partial charge in [0.25, 0.3) is 0 Å². The minimum absolute atomic E-state index is 0.0791. The first-order valence-corrected chi connectivity index (χ1v) is 13.7. The Hall–Kier alpha value is -3.72. The fourth-order valence-corrected chi connectivity index (χ4v) is 7.69. The van der Waals surface area contributed by atoms with E-state index in [0.717, 1.165) is 16.5 Å². The summed E-state index contributed by atoms with van der Waals surface area (Å²) < 4.78 is 19.3. The van der Waals surface area contributed by atoms with Crippen LogP contribution in [0.15, 0.2) is 48.0 Å². The van der Waals surface area contributed by atoms with Gasteiger partial charge in [-0.1, -0.05) is 29.3 Å². The summed E-state index contributed by atoms with van der Waals surface area (Å²) in [6, 6.07) is 8.52. The lowest BCUT2D eigenvalue weighted by atomic mass is 9.51. The number of phenolic OH excluding ortho intramolecular Hbond substituents is 1. The van der Waals surface area contributed by atoms with Crippen LogP contribution in [-0.2, 0) is 19.2 Å². The lowest BCUT2D eigenvalue weighted by Gasteiger charge is -2.49. The van der Waals surface area contributed by atoms with E-state index in [1.807, 2.05) is 6.08 Å². The molecule has 1 N–H and O–H groups in total. The number of halogens is 2. The van der Waals surface area contributed by atoms with Gasteiger partial charge in [-0.05, 0) is 68.5 Å². The van der Waals surface area contributed by atoms with Crippen molar-refractivity contribution < 1.29 is 33.4 Å². The summed E-state index contributed by atoms with van der Waals surface area (Å²) in [5, 5.41) is 10.1. The molecule has 10 heteroatoms. The van der Waals surface area contributed by atoms with Gasteiger partial charge in [0.2, 0.25) is 23.6 Å². The number of aromatic hydroxyl groups is 1. The molecule has 0 aromatic heterocycles. The SMILES string of the molecule is CCN1C(=O)C2CC=C3C(CC4C(=O)N(c5ccc(F)c(Cl)c5)C(=O)C4(C)C3c3ccc(O)c(OC)c3)C2C1=O. The van der Waals surface area contributed by atoms with E-state index in [4.69, 9.17) is 16.3 Å². The van der Waals surface area contributed by atoms with Crippen LogP contribution in [0.25, 0.3) is 0 Å². The number of benzene rings is 2. The quantitative estimate of drug-likeness (QED) is 0.433. The Labute approximate surface area is 235 Å². The normalized spacial score (nSPS) is 31.2. The number of ether oxygens (including phenoxy) is 1. The Morgan fingerprint density at radius 3 is 2.50 bits per heavy atom. The van der Waals surface area contributed by atoms with Crippen molar-refractivity contribution in [2.24, 2.45) is 29.1 Å². The topological polar surface area (TPSA) is 104 Å². The van der Waals surface area contributed by atoms with Crippen LogP contribution in [0, 0.1) is 34.9 Å². The average Bonchev–Trinajstić information content (AvgIpc) is 3.30. The smallest absolute Gasteiger partial charge is 0.241 e. The fourth-order valence-electron chi connectivity index (χ4n) is 7.52. The third-order valence-corrected chi connectivity index (χ3v) is 9.67. The predicted octanol–water partition coefficient (Wildman–Crippen LogP) is 4.44. The lowest BCUT2D eigenvalue weighted by Crippen LogP contribution is -2.48. The number of fused-ring (bicyclic) bond motifs is 4. The highest BCUT2D eigenvalue weighted by Gasteiger charge is 2.67. The van der Waals surface area contributed by atoms with Crippen molar-refractivity contribution in [2.45, 2.75) is 32.6 Å². The van der Waals surface area contributed by atoms with E-state index in [2.05, 4.69) is 0 Å². The van der Waals surface area contributed by atoms with Crippen LogP contribution in [0.2, 0.25) is 5.02 Å². The van der Waals surface area contributed by atoms with Gasteiger partial charge in [0.05, 0.1) is 41.0 Å². The summed E-state index contributed by atoms with van der Waals surface area (Å²) in [4.78, 5) is 57.3. The molecule has 6 atom stereocenters. The molecule has 4 amide bonds. The zero-order valence-electron chi connectivity index (χ0n) is 22.2. The Bertz CT molecular complexity index is 1520. The zero-order valence-corrected chi connectivity index (χ0v) is 22.9. The third-order valence-electron chi connectivity index (χ3n) is 9.38. The summed E-state index contributed by atoms with van der Waals surface area (Å²) in [5.41, 5.74) is 0.358. The molecule has 2 aromatic rings. The molecule has 2 saturated heterocycles. The van der Waals surface area contributed by atoms with Crippen LogP contribution in [0.5, 0.6) is 11.5 Å². The van der Waals surface area contributed by atoms with Gasteiger partial charge in [0.1, 0.15) is 5.82 Å². The van der Waals surface area contributed by atoms with Crippen molar-refractivity contribution in [3.63, 3.8) is 0 Å². The van der Waals surface area contributed by atoms with E-state index >= 15 is 0 Å². The van der Waals surface area contributed by atoms with Gasteiger partial charge in [-0.15, -0.1) is 0 Å². The molecule has 6 rings (SSSR count). The number of hydrogen-bond donors (Lipinski definition) is 1. The summed E-state index contributed by atoms with van der Waals surface area (Å²) >= 11 is 6.02. The van der Waals surface area contributed by atoms with Crippen molar-refractivity contribution in [1.29, 1.82) is 0 Å². The van der Waals surface area contributed by atoms with Crippen molar-refractivity contribution in [3.8, 4) is 11.5 Å². The number of anilines is 1. The van der Waals surface area contributed by atoms with Gasteiger partial charge in [0, 0.05) is 12.5 Å². The number of amides is 4. The summed E-state index contributed by atoms with van der Waals surface area (Å²) in [5.74, 6) is -4.99. The minimum atomic E-state index is -1.27. The number of likely N-dealkylation sites (tertiary alicyclic amines) is 1. The highest BCUT2D eigenvalue weighted by Crippen LogP contribution is 2.63. The number of nitrogens with zero attached hydrogens (tertiary/aromatic N) is 2. The summed E-state index contributed by atoms with van der Waals surface area (Å²) in [7, 11) is 1.42. The summed E-state index contributed by atoms with van der Waals surface area (Å²) in [6.45, 7) is 3.77. The number of imide groups is 2. The minimum Gasteiger partial charge on any atom is -0.504 e. The van der Waals surface area contributed by atoms with E-state index in [1.165, 1.54) is 30.2 Å². The molecule has 0 bridgehead atoms. The number of phenols is 1. The van der Waals surface area contributed by atoms with E-state index < -0.39 is 52.6 Å². The molecule has 4 aliphatic rings.